The highest BCUT2D eigenvalue weighted by Gasteiger charge is 2.12. The lowest BCUT2D eigenvalue weighted by Crippen LogP contribution is -2.33. The van der Waals surface area contributed by atoms with Gasteiger partial charge in [0.25, 0.3) is 0 Å². The van der Waals surface area contributed by atoms with Crippen molar-refractivity contribution in [3.05, 3.63) is 12.2 Å². The van der Waals surface area contributed by atoms with E-state index in [2.05, 4.69) is 25.7 Å². The Hall–Kier alpha value is -0.830. The first-order valence-electron chi connectivity index (χ1n) is 6.30. The minimum absolute atomic E-state index is 0.276. The molecule has 1 N–H and O–H groups in total. The topological polar surface area (TPSA) is 40.5 Å². The lowest BCUT2D eigenvalue weighted by atomic mass is 10.1. The number of rotatable bonds is 9. The summed E-state index contributed by atoms with van der Waals surface area (Å²) < 4.78 is 0. The van der Waals surface area contributed by atoms with Crippen molar-refractivity contribution >= 4 is 5.97 Å². The first-order chi connectivity index (χ1) is 7.65. The molecular weight excluding hydrogens is 202 g/mol. The molecular formula is C13H25NO2. The second kappa shape index (κ2) is 9.40. The van der Waals surface area contributed by atoms with E-state index in [-0.39, 0.29) is 6.04 Å². The van der Waals surface area contributed by atoms with Gasteiger partial charge in [-0.25, -0.2) is 4.79 Å². The Morgan fingerprint density at radius 1 is 1.25 bits per heavy atom. The van der Waals surface area contributed by atoms with E-state index in [0.717, 1.165) is 19.5 Å². The molecule has 0 aliphatic rings. The Morgan fingerprint density at radius 2 is 1.88 bits per heavy atom. The van der Waals surface area contributed by atoms with Gasteiger partial charge in [-0.2, -0.15) is 0 Å². The maximum Gasteiger partial charge on any atom is 0.328 e. The van der Waals surface area contributed by atoms with Crippen LogP contribution in [0, 0.1) is 0 Å². The lowest BCUT2D eigenvalue weighted by Gasteiger charge is -2.27. The second-order valence-electron chi connectivity index (χ2n) is 3.98. The minimum Gasteiger partial charge on any atom is -0.478 e. The van der Waals surface area contributed by atoms with Crippen LogP contribution >= 0.6 is 0 Å². The summed E-state index contributed by atoms with van der Waals surface area (Å²) >= 11 is 0. The molecule has 0 aliphatic carbocycles. The summed E-state index contributed by atoms with van der Waals surface area (Å²) in [6, 6.07) is 0.276. The molecule has 0 amide bonds. The summed E-state index contributed by atoms with van der Waals surface area (Å²) in [5.74, 6) is -0.854. The molecule has 0 saturated heterocycles. The molecule has 0 bridgehead atoms. The quantitative estimate of drug-likeness (QED) is 0.486. The van der Waals surface area contributed by atoms with Gasteiger partial charge in [-0.05, 0) is 19.5 Å². The number of carbonyl (C=O) groups is 1. The summed E-state index contributed by atoms with van der Waals surface area (Å²) in [4.78, 5) is 12.8. The van der Waals surface area contributed by atoms with E-state index in [1.165, 1.54) is 25.3 Å². The van der Waals surface area contributed by atoms with Crippen LogP contribution in [0.15, 0.2) is 12.2 Å². The summed E-state index contributed by atoms with van der Waals surface area (Å²) in [5, 5.41) is 8.66. The number of carboxylic acids is 1. The molecule has 0 aliphatic heterocycles. The Bertz CT molecular complexity index is 210. The maximum atomic E-state index is 10.5. The number of hydrogen-bond acceptors (Lipinski definition) is 2. The molecule has 0 fully saturated rings. The van der Waals surface area contributed by atoms with E-state index in [1.54, 1.807) is 0 Å². The normalized spacial score (nSPS) is 13.5. The van der Waals surface area contributed by atoms with Gasteiger partial charge in [-0.1, -0.05) is 46.1 Å². The Balaban J connectivity index is 4.30. The van der Waals surface area contributed by atoms with Gasteiger partial charge in [0.15, 0.2) is 0 Å². The summed E-state index contributed by atoms with van der Waals surface area (Å²) in [6.45, 7) is 8.35. The zero-order chi connectivity index (χ0) is 12.4. The van der Waals surface area contributed by atoms with Gasteiger partial charge in [-0.3, -0.25) is 4.90 Å². The highest BCUT2D eigenvalue weighted by Crippen LogP contribution is 2.11. The van der Waals surface area contributed by atoms with Gasteiger partial charge >= 0.3 is 5.97 Å². The number of carboxylic acid groups (broad SMARTS) is 1. The van der Waals surface area contributed by atoms with E-state index in [4.69, 9.17) is 5.11 Å². The number of hydrogen-bond donors (Lipinski definition) is 1. The summed E-state index contributed by atoms with van der Waals surface area (Å²) in [7, 11) is 0. The lowest BCUT2D eigenvalue weighted by molar-refractivity contribution is -0.131. The largest absolute Gasteiger partial charge is 0.478 e. The van der Waals surface area contributed by atoms with Crippen LogP contribution in [-0.4, -0.2) is 35.1 Å². The molecule has 0 aromatic heterocycles. The molecule has 0 radical (unpaired) electrons. The SMILES string of the molecule is CCCCCC(C=CC(=O)O)N(CC)CC. The fraction of sp³-hybridized carbons (Fsp3) is 0.769. The van der Waals surface area contributed by atoms with Crippen molar-refractivity contribution in [1.82, 2.24) is 4.90 Å². The third kappa shape index (κ3) is 6.62. The van der Waals surface area contributed by atoms with Crippen LogP contribution in [0.3, 0.4) is 0 Å². The van der Waals surface area contributed by atoms with Crippen molar-refractivity contribution in [2.75, 3.05) is 13.1 Å². The van der Waals surface area contributed by atoms with E-state index >= 15 is 0 Å². The molecule has 3 nitrogen and oxygen atoms in total. The average molecular weight is 227 g/mol. The molecule has 94 valence electrons. The zero-order valence-electron chi connectivity index (χ0n) is 10.8. The number of aliphatic carboxylic acids is 1. The molecule has 3 heteroatoms. The summed E-state index contributed by atoms with van der Waals surface area (Å²) in [5.41, 5.74) is 0. The van der Waals surface area contributed by atoms with E-state index in [1.807, 2.05) is 6.08 Å². The van der Waals surface area contributed by atoms with Crippen LogP contribution in [-0.2, 0) is 4.79 Å². The predicted octanol–water partition coefficient (Wildman–Crippen LogP) is 2.92. The van der Waals surface area contributed by atoms with Gasteiger partial charge in [0.2, 0.25) is 0 Å². The smallest absolute Gasteiger partial charge is 0.328 e. The van der Waals surface area contributed by atoms with Gasteiger partial charge in [0.05, 0.1) is 0 Å². The predicted molar refractivity (Wildman–Crippen MR) is 67.6 cm³/mol. The van der Waals surface area contributed by atoms with Crippen LogP contribution < -0.4 is 0 Å². The first-order valence-corrected chi connectivity index (χ1v) is 6.30. The van der Waals surface area contributed by atoms with Gasteiger partial charge in [-0.15, -0.1) is 0 Å². The van der Waals surface area contributed by atoms with Crippen LogP contribution in [0.25, 0.3) is 0 Å². The van der Waals surface area contributed by atoms with Gasteiger partial charge < -0.3 is 5.11 Å². The van der Waals surface area contributed by atoms with E-state index < -0.39 is 5.97 Å². The molecule has 0 heterocycles. The van der Waals surface area contributed by atoms with Crippen LogP contribution in [0.2, 0.25) is 0 Å². The fourth-order valence-electron chi connectivity index (χ4n) is 1.89. The first kappa shape index (κ1) is 15.2. The van der Waals surface area contributed by atoms with Crippen molar-refractivity contribution < 1.29 is 9.90 Å². The Kier molecular flexibility index (Phi) is 8.91. The molecule has 1 unspecified atom stereocenters. The molecule has 16 heavy (non-hydrogen) atoms. The maximum absolute atomic E-state index is 10.5. The minimum atomic E-state index is -0.854. The number of unbranched alkanes of at least 4 members (excludes halogenated alkanes) is 2. The number of nitrogens with zero attached hydrogens (tertiary/aromatic N) is 1. The monoisotopic (exact) mass is 227 g/mol. The van der Waals surface area contributed by atoms with Crippen molar-refractivity contribution in [1.29, 1.82) is 0 Å². The van der Waals surface area contributed by atoms with Crippen LogP contribution in [0.4, 0.5) is 0 Å². The zero-order valence-corrected chi connectivity index (χ0v) is 10.8. The third-order valence-electron chi connectivity index (χ3n) is 2.85. The Morgan fingerprint density at radius 3 is 2.31 bits per heavy atom. The van der Waals surface area contributed by atoms with Crippen LogP contribution in [0.1, 0.15) is 46.5 Å². The van der Waals surface area contributed by atoms with Crippen molar-refractivity contribution in [2.24, 2.45) is 0 Å². The van der Waals surface area contributed by atoms with Gasteiger partial charge in [0.1, 0.15) is 0 Å². The number of likely N-dealkylation sites (N-methyl/N-ethyl adjacent to an activating group) is 1. The molecule has 0 spiro atoms. The average Bonchev–Trinajstić information content (AvgIpc) is 2.26. The van der Waals surface area contributed by atoms with Crippen molar-refractivity contribution in [3.63, 3.8) is 0 Å². The fourth-order valence-corrected chi connectivity index (χ4v) is 1.89. The standard InChI is InChI=1S/C13H25NO2/c1-4-7-8-9-12(10-11-13(15)16)14(5-2)6-3/h10-12H,4-9H2,1-3H3,(H,15,16). The van der Waals surface area contributed by atoms with Crippen LogP contribution in [0.5, 0.6) is 0 Å². The van der Waals surface area contributed by atoms with Gasteiger partial charge in [0, 0.05) is 12.1 Å². The molecule has 0 aromatic carbocycles. The van der Waals surface area contributed by atoms with Crippen molar-refractivity contribution in [2.45, 2.75) is 52.5 Å². The molecule has 0 aromatic rings. The summed E-state index contributed by atoms with van der Waals surface area (Å²) in [6.07, 6.45) is 7.74. The van der Waals surface area contributed by atoms with Crippen molar-refractivity contribution in [3.8, 4) is 0 Å². The molecule has 0 rings (SSSR count). The second-order valence-corrected chi connectivity index (χ2v) is 3.98. The van der Waals surface area contributed by atoms with E-state index in [0.29, 0.717) is 0 Å². The third-order valence-corrected chi connectivity index (χ3v) is 2.85. The molecule has 0 saturated carbocycles. The Labute approximate surface area is 99.1 Å². The highest BCUT2D eigenvalue weighted by molar-refractivity contribution is 5.79. The van der Waals surface area contributed by atoms with E-state index in [9.17, 15) is 4.79 Å². The molecule has 1 atom stereocenters. The highest BCUT2D eigenvalue weighted by atomic mass is 16.4.